The van der Waals surface area contributed by atoms with Crippen molar-refractivity contribution < 1.29 is 10.0 Å². The van der Waals surface area contributed by atoms with Crippen molar-refractivity contribution in [1.82, 2.24) is 4.90 Å². The van der Waals surface area contributed by atoms with E-state index in [0.29, 0.717) is 25.9 Å². The van der Waals surface area contributed by atoms with E-state index in [4.69, 9.17) is 10.9 Å². The quantitative estimate of drug-likeness (QED) is 0.386. The fourth-order valence-electron chi connectivity index (χ4n) is 2.61. The predicted molar refractivity (Wildman–Crippen MR) is 86.4 cm³/mol. The third-order valence-corrected chi connectivity index (χ3v) is 6.31. The SMILES string of the molecule is CC1(/C(N)=N/O)CCN(C(=O)c2cc3sccc3s2)CC1. The Balaban J connectivity index is 1.72. The number of carbonyl (C=O) groups excluding carboxylic acids is 1. The normalized spacial score (nSPS) is 19.1. The molecule has 1 aliphatic rings. The van der Waals surface area contributed by atoms with Crippen LogP contribution < -0.4 is 5.73 Å². The molecule has 7 heteroatoms. The van der Waals surface area contributed by atoms with Crippen LogP contribution in [-0.4, -0.2) is 34.9 Å². The summed E-state index contributed by atoms with van der Waals surface area (Å²) in [5, 5.41) is 14.0. The molecule has 2 aromatic rings. The largest absolute Gasteiger partial charge is 0.409 e. The van der Waals surface area contributed by atoms with Crippen LogP contribution in [0.4, 0.5) is 0 Å². The van der Waals surface area contributed by atoms with Gasteiger partial charge in [0.25, 0.3) is 5.91 Å². The number of rotatable bonds is 2. The molecule has 0 saturated carbocycles. The van der Waals surface area contributed by atoms with E-state index in [-0.39, 0.29) is 17.2 Å². The highest BCUT2D eigenvalue weighted by molar-refractivity contribution is 7.27. The van der Waals surface area contributed by atoms with Gasteiger partial charge in [-0.25, -0.2) is 0 Å². The van der Waals surface area contributed by atoms with Crippen LogP contribution in [0.1, 0.15) is 29.4 Å². The fourth-order valence-corrected chi connectivity index (χ4v) is 4.68. The minimum absolute atomic E-state index is 0.0879. The van der Waals surface area contributed by atoms with E-state index in [9.17, 15) is 4.79 Å². The maximum Gasteiger partial charge on any atom is 0.263 e. The zero-order valence-corrected chi connectivity index (χ0v) is 13.3. The number of piperidine rings is 1. The molecule has 0 unspecified atom stereocenters. The first-order chi connectivity index (χ1) is 10.0. The van der Waals surface area contributed by atoms with Crippen LogP contribution in [0, 0.1) is 5.41 Å². The van der Waals surface area contributed by atoms with Crippen LogP contribution in [0.3, 0.4) is 0 Å². The number of fused-ring (bicyclic) bond motifs is 1. The number of nitrogens with two attached hydrogens (primary N) is 1. The Bertz CT molecular complexity index is 667. The van der Waals surface area contributed by atoms with Gasteiger partial charge in [-0.15, -0.1) is 22.7 Å². The van der Waals surface area contributed by atoms with E-state index in [1.807, 2.05) is 29.3 Å². The molecular weight excluding hydrogens is 306 g/mol. The molecule has 0 aliphatic carbocycles. The van der Waals surface area contributed by atoms with E-state index < -0.39 is 0 Å². The van der Waals surface area contributed by atoms with Gasteiger partial charge in [-0.2, -0.15) is 0 Å². The Kier molecular flexibility index (Phi) is 3.62. The number of likely N-dealkylation sites (tertiary alicyclic amines) is 1. The van der Waals surface area contributed by atoms with Crippen LogP contribution in [-0.2, 0) is 0 Å². The number of amidine groups is 1. The summed E-state index contributed by atoms with van der Waals surface area (Å²) in [6, 6.07) is 4.03. The standard InChI is InChI=1S/C14H17N3O2S2/c1-14(13(15)16-19)3-5-17(6-4-14)12(18)11-8-10-9(21-11)2-7-20-10/h2,7-8,19H,3-6H2,1H3,(H2,15,16). The van der Waals surface area contributed by atoms with Gasteiger partial charge in [-0.1, -0.05) is 12.1 Å². The molecule has 0 atom stereocenters. The summed E-state index contributed by atoms with van der Waals surface area (Å²) in [4.78, 5) is 15.2. The summed E-state index contributed by atoms with van der Waals surface area (Å²) in [7, 11) is 0. The van der Waals surface area contributed by atoms with Crippen LogP contribution in [0.25, 0.3) is 9.40 Å². The summed E-state index contributed by atoms with van der Waals surface area (Å²) in [5.74, 6) is 0.344. The summed E-state index contributed by atoms with van der Waals surface area (Å²) in [5.41, 5.74) is 5.43. The molecule has 0 radical (unpaired) electrons. The first-order valence-electron chi connectivity index (χ1n) is 6.78. The molecule has 21 heavy (non-hydrogen) atoms. The van der Waals surface area contributed by atoms with Gasteiger partial charge in [0.1, 0.15) is 5.84 Å². The second kappa shape index (κ2) is 5.31. The molecule has 3 rings (SSSR count). The average molecular weight is 323 g/mol. The molecule has 0 spiro atoms. The van der Waals surface area contributed by atoms with Gasteiger partial charge in [0.15, 0.2) is 0 Å². The van der Waals surface area contributed by atoms with Crippen molar-refractivity contribution in [1.29, 1.82) is 0 Å². The molecule has 1 fully saturated rings. The van der Waals surface area contributed by atoms with Crippen LogP contribution in [0.2, 0.25) is 0 Å². The fraction of sp³-hybridized carbons (Fsp3) is 0.429. The Labute approximate surface area is 130 Å². The first kappa shape index (κ1) is 14.3. The summed E-state index contributed by atoms with van der Waals surface area (Å²) < 4.78 is 2.34. The first-order valence-corrected chi connectivity index (χ1v) is 8.47. The second-order valence-electron chi connectivity index (χ2n) is 5.60. The lowest BCUT2D eigenvalue weighted by atomic mass is 9.79. The number of amides is 1. The summed E-state index contributed by atoms with van der Waals surface area (Å²) in [6.07, 6.45) is 1.43. The van der Waals surface area contributed by atoms with E-state index in [1.54, 1.807) is 22.7 Å². The number of oxime groups is 1. The van der Waals surface area contributed by atoms with Gasteiger partial charge in [0, 0.05) is 27.9 Å². The lowest BCUT2D eigenvalue weighted by Crippen LogP contribution is -2.47. The zero-order chi connectivity index (χ0) is 15.0. The third-order valence-electron chi connectivity index (χ3n) is 4.23. The molecule has 2 aromatic heterocycles. The van der Waals surface area contributed by atoms with Gasteiger partial charge in [-0.3, -0.25) is 4.79 Å². The van der Waals surface area contributed by atoms with E-state index in [1.165, 1.54) is 9.40 Å². The minimum atomic E-state index is -0.318. The van der Waals surface area contributed by atoms with Gasteiger partial charge >= 0.3 is 0 Å². The van der Waals surface area contributed by atoms with Crippen molar-refractivity contribution in [3.8, 4) is 0 Å². The predicted octanol–water partition coefficient (Wildman–Crippen LogP) is 2.95. The van der Waals surface area contributed by atoms with Crippen molar-refractivity contribution in [2.45, 2.75) is 19.8 Å². The highest BCUT2D eigenvalue weighted by Gasteiger charge is 2.36. The number of carbonyl (C=O) groups is 1. The number of hydrogen-bond acceptors (Lipinski definition) is 5. The smallest absolute Gasteiger partial charge is 0.263 e. The Hall–Kier alpha value is -1.60. The van der Waals surface area contributed by atoms with Crippen LogP contribution in [0.15, 0.2) is 22.7 Å². The molecule has 0 aromatic carbocycles. The monoisotopic (exact) mass is 323 g/mol. The lowest BCUT2D eigenvalue weighted by Gasteiger charge is -2.38. The van der Waals surface area contributed by atoms with Gasteiger partial charge in [-0.05, 0) is 30.4 Å². The zero-order valence-electron chi connectivity index (χ0n) is 11.7. The highest BCUT2D eigenvalue weighted by atomic mass is 32.1. The molecule has 112 valence electrons. The highest BCUT2D eigenvalue weighted by Crippen LogP contribution is 2.34. The van der Waals surface area contributed by atoms with Gasteiger partial charge < -0.3 is 15.8 Å². The topological polar surface area (TPSA) is 78.9 Å². The van der Waals surface area contributed by atoms with Crippen LogP contribution >= 0.6 is 22.7 Å². The summed E-state index contributed by atoms with van der Waals surface area (Å²) in [6.45, 7) is 3.25. The van der Waals surface area contributed by atoms with Crippen molar-refractivity contribution in [3.05, 3.63) is 22.4 Å². The molecule has 5 nitrogen and oxygen atoms in total. The minimum Gasteiger partial charge on any atom is -0.409 e. The maximum atomic E-state index is 12.5. The molecule has 1 saturated heterocycles. The van der Waals surface area contributed by atoms with Crippen molar-refractivity contribution in [3.63, 3.8) is 0 Å². The Morgan fingerprint density at radius 1 is 1.43 bits per heavy atom. The molecule has 1 amide bonds. The van der Waals surface area contributed by atoms with Crippen molar-refractivity contribution >= 4 is 43.8 Å². The Morgan fingerprint density at radius 3 is 2.76 bits per heavy atom. The van der Waals surface area contributed by atoms with Crippen LogP contribution in [0.5, 0.6) is 0 Å². The molecular formula is C14H17N3O2S2. The maximum absolute atomic E-state index is 12.5. The molecule has 3 heterocycles. The molecule has 1 aliphatic heterocycles. The van der Waals surface area contributed by atoms with E-state index in [0.717, 1.165) is 4.88 Å². The second-order valence-corrected chi connectivity index (χ2v) is 7.63. The number of hydrogen-bond donors (Lipinski definition) is 2. The van der Waals surface area contributed by atoms with Crippen molar-refractivity contribution in [2.75, 3.05) is 13.1 Å². The average Bonchev–Trinajstić information content (AvgIpc) is 3.07. The number of thiophene rings is 2. The number of nitrogens with zero attached hydrogens (tertiary/aromatic N) is 2. The molecule has 3 N–H and O–H groups in total. The summed E-state index contributed by atoms with van der Waals surface area (Å²) >= 11 is 3.21. The van der Waals surface area contributed by atoms with Gasteiger partial charge in [0.05, 0.1) is 4.88 Å². The van der Waals surface area contributed by atoms with E-state index >= 15 is 0 Å². The van der Waals surface area contributed by atoms with Gasteiger partial charge in [0.2, 0.25) is 0 Å². The molecule has 0 bridgehead atoms. The van der Waals surface area contributed by atoms with E-state index in [2.05, 4.69) is 5.16 Å². The lowest BCUT2D eigenvalue weighted by molar-refractivity contribution is 0.0671. The Morgan fingerprint density at radius 2 is 2.14 bits per heavy atom. The van der Waals surface area contributed by atoms with Crippen molar-refractivity contribution in [2.24, 2.45) is 16.3 Å². The third kappa shape index (κ3) is 2.51.